The average molecular weight is 208 g/mol. The van der Waals surface area contributed by atoms with Gasteiger partial charge in [-0.3, -0.25) is 4.98 Å². The number of hydrogen-bond acceptors (Lipinski definition) is 3. The van der Waals surface area contributed by atoms with Crippen LogP contribution in [0.5, 0.6) is 0 Å². The van der Waals surface area contributed by atoms with E-state index in [0.717, 1.165) is 18.5 Å². The normalized spacial score (nSPS) is 9.67. The van der Waals surface area contributed by atoms with Crippen LogP contribution in [-0.2, 0) is 11.2 Å². The van der Waals surface area contributed by atoms with Crippen LogP contribution >= 0.6 is 0 Å². The van der Waals surface area contributed by atoms with Crippen molar-refractivity contribution in [3.8, 4) is 0 Å². The first-order valence-electron chi connectivity index (χ1n) is 5.13. The maximum atomic E-state index is 11.0. The van der Waals surface area contributed by atoms with Crippen molar-refractivity contribution < 1.29 is 9.53 Å². The fraction of sp³-hybridized carbons (Fsp3) is 0.455. The molecule has 1 N–H and O–H groups in total. The average Bonchev–Trinajstić information content (AvgIpc) is 2.28. The molecular weight excluding hydrogens is 192 g/mol. The Morgan fingerprint density at radius 1 is 1.53 bits per heavy atom. The molecule has 0 atom stereocenters. The van der Waals surface area contributed by atoms with Crippen molar-refractivity contribution in [3.05, 3.63) is 30.1 Å². The highest BCUT2D eigenvalue weighted by Crippen LogP contribution is 1.93. The van der Waals surface area contributed by atoms with Crippen LogP contribution in [0, 0.1) is 0 Å². The lowest BCUT2D eigenvalue weighted by Gasteiger charge is -2.05. The second-order valence-electron chi connectivity index (χ2n) is 3.13. The van der Waals surface area contributed by atoms with E-state index < -0.39 is 0 Å². The summed E-state index contributed by atoms with van der Waals surface area (Å²) in [5.41, 5.74) is 0.966. The number of carbonyl (C=O) groups excluding carboxylic acids is 1. The summed E-state index contributed by atoms with van der Waals surface area (Å²) in [6, 6.07) is 5.73. The Bertz CT molecular complexity index is 288. The summed E-state index contributed by atoms with van der Waals surface area (Å²) in [7, 11) is 0. The SMILES string of the molecule is CCCOC(=O)NCCc1ccccn1. The molecule has 1 rings (SSSR count). The summed E-state index contributed by atoms with van der Waals surface area (Å²) in [6.45, 7) is 2.98. The van der Waals surface area contributed by atoms with Crippen molar-refractivity contribution in [3.63, 3.8) is 0 Å². The van der Waals surface area contributed by atoms with Crippen LogP contribution in [0.15, 0.2) is 24.4 Å². The molecule has 0 saturated heterocycles. The topological polar surface area (TPSA) is 51.2 Å². The zero-order valence-corrected chi connectivity index (χ0v) is 8.90. The molecule has 1 heterocycles. The Kier molecular flexibility index (Phi) is 5.22. The van der Waals surface area contributed by atoms with Gasteiger partial charge in [-0.2, -0.15) is 0 Å². The second kappa shape index (κ2) is 6.81. The van der Waals surface area contributed by atoms with E-state index in [1.165, 1.54) is 0 Å². The van der Waals surface area contributed by atoms with Gasteiger partial charge < -0.3 is 10.1 Å². The summed E-state index contributed by atoms with van der Waals surface area (Å²) in [5, 5.41) is 2.66. The highest BCUT2D eigenvalue weighted by Gasteiger charge is 2.00. The maximum absolute atomic E-state index is 11.0. The Balaban J connectivity index is 2.14. The van der Waals surface area contributed by atoms with Crippen LogP contribution < -0.4 is 5.32 Å². The van der Waals surface area contributed by atoms with E-state index in [2.05, 4.69) is 10.3 Å². The molecule has 0 aliphatic rings. The van der Waals surface area contributed by atoms with Crippen molar-refractivity contribution in [1.29, 1.82) is 0 Å². The molecule has 0 bridgehead atoms. The smallest absolute Gasteiger partial charge is 0.407 e. The van der Waals surface area contributed by atoms with Gasteiger partial charge in [0.15, 0.2) is 0 Å². The zero-order valence-electron chi connectivity index (χ0n) is 8.90. The van der Waals surface area contributed by atoms with Gasteiger partial charge in [0.05, 0.1) is 6.61 Å². The highest BCUT2D eigenvalue weighted by atomic mass is 16.5. The van der Waals surface area contributed by atoms with Crippen LogP contribution in [0.2, 0.25) is 0 Å². The first-order valence-corrected chi connectivity index (χ1v) is 5.13. The maximum Gasteiger partial charge on any atom is 0.407 e. The molecule has 1 amide bonds. The van der Waals surface area contributed by atoms with Gasteiger partial charge in [-0.05, 0) is 18.6 Å². The van der Waals surface area contributed by atoms with Crippen LogP contribution in [0.25, 0.3) is 0 Å². The van der Waals surface area contributed by atoms with E-state index in [0.29, 0.717) is 13.2 Å². The molecule has 1 aromatic rings. The third-order valence-corrected chi connectivity index (χ3v) is 1.81. The molecule has 1 aromatic heterocycles. The van der Waals surface area contributed by atoms with E-state index in [1.807, 2.05) is 25.1 Å². The first kappa shape index (κ1) is 11.5. The van der Waals surface area contributed by atoms with Gasteiger partial charge in [-0.15, -0.1) is 0 Å². The predicted molar refractivity (Wildman–Crippen MR) is 57.6 cm³/mol. The number of aromatic nitrogens is 1. The van der Waals surface area contributed by atoms with E-state index in [9.17, 15) is 4.79 Å². The minimum absolute atomic E-state index is 0.354. The van der Waals surface area contributed by atoms with E-state index in [-0.39, 0.29) is 6.09 Å². The number of hydrogen-bond donors (Lipinski definition) is 1. The molecular formula is C11H16N2O2. The quantitative estimate of drug-likeness (QED) is 0.802. The number of alkyl carbamates (subject to hydrolysis) is 1. The Labute approximate surface area is 89.7 Å². The molecule has 0 fully saturated rings. The first-order chi connectivity index (χ1) is 7.33. The lowest BCUT2D eigenvalue weighted by molar-refractivity contribution is 0.146. The minimum Gasteiger partial charge on any atom is -0.450 e. The molecule has 0 saturated carbocycles. The predicted octanol–water partition coefficient (Wildman–Crippen LogP) is 1.76. The lowest BCUT2D eigenvalue weighted by Crippen LogP contribution is -2.26. The number of pyridine rings is 1. The Hall–Kier alpha value is -1.58. The minimum atomic E-state index is -0.354. The van der Waals surface area contributed by atoms with E-state index in [4.69, 9.17) is 4.74 Å². The molecule has 4 nitrogen and oxygen atoms in total. The molecule has 0 aromatic carbocycles. The molecule has 0 spiro atoms. The van der Waals surface area contributed by atoms with Gasteiger partial charge in [0.25, 0.3) is 0 Å². The Morgan fingerprint density at radius 3 is 3.07 bits per heavy atom. The summed E-state index contributed by atoms with van der Waals surface area (Å²) in [6.07, 6.45) is 2.95. The van der Waals surface area contributed by atoms with E-state index in [1.54, 1.807) is 6.20 Å². The number of nitrogens with zero attached hydrogens (tertiary/aromatic N) is 1. The third-order valence-electron chi connectivity index (χ3n) is 1.81. The molecule has 0 radical (unpaired) electrons. The molecule has 82 valence electrons. The van der Waals surface area contributed by atoms with Crippen LogP contribution in [0.3, 0.4) is 0 Å². The molecule has 0 unspecified atom stereocenters. The molecule has 4 heteroatoms. The Morgan fingerprint density at radius 2 is 2.40 bits per heavy atom. The van der Waals surface area contributed by atoms with Crippen LogP contribution in [-0.4, -0.2) is 24.2 Å². The zero-order chi connectivity index (χ0) is 10.9. The van der Waals surface area contributed by atoms with Crippen molar-refractivity contribution in [2.75, 3.05) is 13.2 Å². The molecule has 15 heavy (non-hydrogen) atoms. The van der Waals surface area contributed by atoms with Gasteiger partial charge in [0.2, 0.25) is 0 Å². The van der Waals surface area contributed by atoms with Crippen molar-refractivity contribution in [2.45, 2.75) is 19.8 Å². The third kappa shape index (κ3) is 5.00. The van der Waals surface area contributed by atoms with Crippen molar-refractivity contribution in [1.82, 2.24) is 10.3 Å². The van der Waals surface area contributed by atoms with Gasteiger partial charge in [-0.25, -0.2) is 4.79 Å². The van der Waals surface area contributed by atoms with E-state index >= 15 is 0 Å². The largest absolute Gasteiger partial charge is 0.450 e. The fourth-order valence-electron chi connectivity index (χ4n) is 1.08. The second-order valence-corrected chi connectivity index (χ2v) is 3.13. The molecule has 0 aliphatic carbocycles. The monoisotopic (exact) mass is 208 g/mol. The van der Waals surface area contributed by atoms with Crippen LogP contribution in [0.1, 0.15) is 19.0 Å². The van der Waals surface area contributed by atoms with Gasteiger partial charge in [-0.1, -0.05) is 13.0 Å². The molecule has 0 aliphatic heterocycles. The fourth-order valence-corrected chi connectivity index (χ4v) is 1.08. The summed E-state index contributed by atoms with van der Waals surface area (Å²) in [4.78, 5) is 15.2. The van der Waals surface area contributed by atoms with Crippen molar-refractivity contribution in [2.24, 2.45) is 0 Å². The number of carbonyl (C=O) groups is 1. The number of amides is 1. The van der Waals surface area contributed by atoms with Gasteiger partial charge in [0, 0.05) is 24.9 Å². The number of nitrogens with one attached hydrogen (secondary N) is 1. The van der Waals surface area contributed by atoms with Crippen molar-refractivity contribution >= 4 is 6.09 Å². The van der Waals surface area contributed by atoms with Crippen LogP contribution in [0.4, 0.5) is 4.79 Å². The highest BCUT2D eigenvalue weighted by molar-refractivity contribution is 5.67. The number of ether oxygens (including phenoxy) is 1. The summed E-state index contributed by atoms with van der Waals surface area (Å²) < 4.78 is 4.86. The number of rotatable bonds is 5. The summed E-state index contributed by atoms with van der Waals surface area (Å²) >= 11 is 0. The van der Waals surface area contributed by atoms with Gasteiger partial charge >= 0.3 is 6.09 Å². The lowest BCUT2D eigenvalue weighted by atomic mass is 10.3. The summed E-state index contributed by atoms with van der Waals surface area (Å²) in [5.74, 6) is 0. The van der Waals surface area contributed by atoms with Gasteiger partial charge in [0.1, 0.15) is 0 Å². The standard InChI is InChI=1S/C11H16N2O2/c1-2-9-15-11(14)13-8-6-10-5-3-4-7-12-10/h3-5,7H,2,6,8-9H2,1H3,(H,13,14).